The molecule has 1 unspecified atom stereocenters. The number of nitrogens with two attached hydrogens (primary N) is 1. The molecular formula is C19H33NO. The van der Waals surface area contributed by atoms with Crippen molar-refractivity contribution in [3.05, 3.63) is 29.3 Å². The minimum atomic E-state index is 0.0264. The van der Waals surface area contributed by atoms with Crippen LogP contribution in [0.25, 0.3) is 0 Å². The quantitative estimate of drug-likeness (QED) is 0.544. The molecule has 0 heterocycles. The van der Waals surface area contributed by atoms with Crippen LogP contribution in [0.4, 0.5) is 0 Å². The second-order valence-electron chi connectivity index (χ2n) is 6.15. The largest absolute Gasteiger partial charge is 0.493 e. The Bertz CT molecular complexity index is 387. The molecule has 1 aromatic carbocycles. The molecule has 2 heteroatoms. The van der Waals surface area contributed by atoms with Crippen molar-refractivity contribution >= 4 is 0 Å². The van der Waals surface area contributed by atoms with Crippen LogP contribution in [0.3, 0.4) is 0 Å². The second-order valence-corrected chi connectivity index (χ2v) is 6.15. The molecule has 0 saturated heterocycles. The van der Waals surface area contributed by atoms with E-state index in [-0.39, 0.29) is 6.04 Å². The van der Waals surface area contributed by atoms with Gasteiger partial charge in [0.05, 0.1) is 6.61 Å². The van der Waals surface area contributed by atoms with Crippen LogP contribution in [-0.2, 0) is 0 Å². The maximum Gasteiger partial charge on any atom is 0.124 e. The van der Waals surface area contributed by atoms with Crippen LogP contribution in [0.2, 0.25) is 0 Å². The molecule has 1 rings (SSSR count). The van der Waals surface area contributed by atoms with Gasteiger partial charge < -0.3 is 10.5 Å². The molecule has 0 radical (unpaired) electrons. The van der Waals surface area contributed by atoms with Gasteiger partial charge in [-0.1, -0.05) is 69.6 Å². The number of rotatable bonds is 11. The van der Waals surface area contributed by atoms with Crippen molar-refractivity contribution in [2.24, 2.45) is 5.73 Å². The molecule has 2 nitrogen and oxygen atoms in total. The van der Waals surface area contributed by atoms with E-state index in [9.17, 15) is 0 Å². The fraction of sp³-hybridized carbons (Fsp3) is 0.684. The van der Waals surface area contributed by atoms with Crippen molar-refractivity contribution in [1.29, 1.82) is 0 Å². The summed E-state index contributed by atoms with van der Waals surface area (Å²) in [4.78, 5) is 0. The Morgan fingerprint density at radius 2 is 1.62 bits per heavy atom. The molecule has 0 aliphatic heterocycles. The predicted octanol–water partition coefficient (Wildman–Crippen LogP) is 5.53. The van der Waals surface area contributed by atoms with E-state index in [0.29, 0.717) is 0 Å². The third kappa shape index (κ3) is 7.52. The zero-order valence-electron chi connectivity index (χ0n) is 14.2. The van der Waals surface area contributed by atoms with E-state index in [1.54, 1.807) is 0 Å². The highest BCUT2D eigenvalue weighted by Crippen LogP contribution is 2.25. The molecule has 0 aromatic heterocycles. The van der Waals surface area contributed by atoms with E-state index < -0.39 is 0 Å². The maximum atomic E-state index is 6.01. The topological polar surface area (TPSA) is 35.2 Å². The van der Waals surface area contributed by atoms with Gasteiger partial charge in [0.1, 0.15) is 5.75 Å². The van der Waals surface area contributed by atoms with Gasteiger partial charge in [0.25, 0.3) is 0 Å². The summed E-state index contributed by atoms with van der Waals surface area (Å²) < 4.78 is 5.92. The molecule has 0 amide bonds. The summed E-state index contributed by atoms with van der Waals surface area (Å²) in [5.41, 5.74) is 8.37. The van der Waals surface area contributed by atoms with Gasteiger partial charge in [0, 0.05) is 11.6 Å². The molecule has 0 aliphatic carbocycles. The highest BCUT2D eigenvalue weighted by Gasteiger charge is 2.08. The fourth-order valence-electron chi connectivity index (χ4n) is 2.57. The number of hydrogen-bond acceptors (Lipinski definition) is 2. The van der Waals surface area contributed by atoms with E-state index in [1.165, 1.54) is 50.5 Å². The normalized spacial score (nSPS) is 12.4. The minimum absolute atomic E-state index is 0.0264. The number of ether oxygens (including phenoxy) is 1. The maximum absolute atomic E-state index is 6.01. The third-order valence-electron chi connectivity index (χ3n) is 3.91. The Labute approximate surface area is 131 Å². The molecule has 0 bridgehead atoms. The number of benzene rings is 1. The van der Waals surface area contributed by atoms with E-state index in [1.807, 2.05) is 6.92 Å². The molecule has 21 heavy (non-hydrogen) atoms. The van der Waals surface area contributed by atoms with Crippen molar-refractivity contribution in [2.45, 2.75) is 78.2 Å². The first kappa shape index (κ1) is 18.0. The van der Waals surface area contributed by atoms with Gasteiger partial charge in [-0.2, -0.15) is 0 Å². The molecule has 0 spiro atoms. The van der Waals surface area contributed by atoms with Gasteiger partial charge in [0.2, 0.25) is 0 Å². The Morgan fingerprint density at radius 1 is 1.00 bits per heavy atom. The van der Waals surface area contributed by atoms with Crippen LogP contribution in [-0.4, -0.2) is 6.61 Å². The van der Waals surface area contributed by atoms with Gasteiger partial charge in [-0.05, 0) is 26.3 Å². The van der Waals surface area contributed by atoms with Crippen molar-refractivity contribution < 1.29 is 4.74 Å². The van der Waals surface area contributed by atoms with Crippen molar-refractivity contribution in [2.75, 3.05) is 6.61 Å². The smallest absolute Gasteiger partial charge is 0.124 e. The van der Waals surface area contributed by atoms with Crippen molar-refractivity contribution in [1.82, 2.24) is 0 Å². The molecule has 2 N–H and O–H groups in total. The van der Waals surface area contributed by atoms with Gasteiger partial charge in [-0.3, -0.25) is 0 Å². The van der Waals surface area contributed by atoms with Crippen LogP contribution in [0, 0.1) is 6.92 Å². The Morgan fingerprint density at radius 3 is 2.24 bits per heavy atom. The predicted molar refractivity (Wildman–Crippen MR) is 91.9 cm³/mol. The first-order chi connectivity index (χ1) is 10.1. The Balaban J connectivity index is 2.18. The first-order valence-corrected chi connectivity index (χ1v) is 8.64. The van der Waals surface area contributed by atoms with Crippen LogP contribution >= 0.6 is 0 Å². The van der Waals surface area contributed by atoms with E-state index in [0.717, 1.165) is 24.3 Å². The molecule has 0 saturated carbocycles. The Hall–Kier alpha value is -1.02. The fourth-order valence-corrected chi connectivity index (χ4v) is 2.57. The van der Waals surface area contributed by atoms with Crippen LogP contribution < -0.4 is 10.5 Å². The van der Waals surface area contributed by atoms with Gasteiger partial charge >= 0.3 is 0 Å². The lowest BCUT2D eigenvalue weighted by Crippen LogP contribution is -2.09. The van der Waals surface area contributed by atoms with Gasteiger partial charge in [-0.15, -0.1) is 0 Å². The number of unbranched alkanes of at least 4 members (excludes halogenated alkanes) is 7. The molecule has 1 atom stereocenters. The standard InChI is InChI=1S/C19H33NO/c1-4-5-6-7-8-9-10-11-14-21-19-13-12-16(2)15-18(19)17(3)20/h12-13,15,17H,4-11,14,20H2,1-3H3. The lowest BCUT2D eigenvalue weighted by atomic mass is 10.1. The summed E-state index contributed by atoms with van der Waals surface area (Å²) in [6.07, 6.45) is 10.6. The molecule has 120 valence electrons. The monoisotopic (exact) mass is 291 g/mol. The second kappa shape index (κ2) is 10.7. The molecular weight excluding hydrogens is 258 g/mol. The SMILES string of the molecule is CCCCCCCCCCOc1ccc(C)cc1C(C)N. The lowest BCUT2D eigenvalue weighted by Gasteiger charge is -2.14. The summed E-state index contributed by atoms with van der Waals surface area (Å²) in [6.45, 7) is 7.17. The summed E-state index contributed by atoms with van der Waals surface area (Å²) in [5, 5.41) is 0. The first-order valence-electron chi connectivity index (χ1n) is 8.64. The lowest BCUT2D eigenvalue weighted by molar-refractivity contribution is 0.300. The minimum Gasteiger partial charge on any atom is -0.493 e. The van der Waals surface area contributed by atoms with Crippen LogP contribution in [0.1, 0.15) is 82.4 Å². The van der Waals surface area contributed by atoms with Crippen molar-refractivity contribution in [3.63, 3.8) is 0 Å². The summed E-state index contributed by atoms with van der Waals surface area (Å²) in [7, 11) is 0. The summed E-state index contributed by atoms with van der Waals surface area (Å²) in [5.74, 6) is 0.957. The van der Waals surface area contributed by atoms with E-state index in [2.05, 4.69) is 32.0 Å². The molecule has 1 aromatic rings. The average molecular weight is 291 g/mol. The number of hydrogen-bond donors (Lipinski definition) is 1. The summed E-state index contributed by atoms with van der Waals surface area (Å²) >= 11 is 0. The third-order valence-corrected chi connectivity index (χ3v) is 3.91. The average Bonchev–Trinajstić information content (AvgIpc) is 2.46. The van der Waals surface area contributed by atoms with Gasteiger partial charge in [-0.25, -0.2) is 0 Å². The van der Waals surface area contributed by atoms with Crippen LogP contribution in [0.15, 0.2) is 18.2 Å². The zero-order chi connectivity index (χ0) is 15.5. The summed E-state index contributed by atoms with van der Waals surface area (Å²) in [6, 6.07) is 6.31. The molecule has 0 aliphatic rings. The van der Waals surface area contributed by atoms with E-state index >= 15 is 0 Å². The van der Waals surface area contributed by atoms with Crippen molar-refractivity contribution in [3.8, 4) is 5.75 Å². The highest BCUT2D eigenvalue weighted by molar-refractivity contribution is 5.38. The molecule has 0 fully saturated rings. The zero-order valence-corrected chi connectivity index (χ0v) is 14.2. The highest BCUT2D eigenvalue weighted by atomic mass is 16.5. The van der Waals surface area contributed by atoms with E-state index in [4.69, 9.17) is 10.5 Å². The van der Waals surface area contributed by atoms with Gasteiger partial charge in [0.15, 0.2) is 0 Å². The van der Waals surface area contributed by atoms with Crippen LogP contribution in [0.5, 0.6) is 5.75 Å². The number of aryl methyl sites for hydroxylation is 1. The Kier molecular flexibility index (Phi) is 9.16.